The van der Waals surface area contributed by atoms with E-state index in [-0.39, 0.29) is 22.0 Å². The van der Waals surface area contributed by atoms with Gasteiger partial charge in [-0.2, -0.15) is 0 Å². The lowest BCUT2D eigenvalue weighted by molar-refractivity contribution is -0.127. The molecular formula is C23H34O2. The third-order valence-corrected chi connectivity index (χ3v) is 7.98. The van der Waals surface area contributed by atoms with Crippen LogP contribution in [0.15, 0.2) is 23.8 Å². The average molecular weight is 343 g/mol. The Balaban J connectivity index is 1.88. The number of carbonyl (C=O) groups excluding carboxylic acids is 2. The van der Waals surface area contributed by atoms with E-state index in [1.807, 2.05) is 6.08 Å². The largest absolute Gasteiger partial charge is 0.299 e. The SMILES string of the molecule is C[C@@H]1CC(C)(C)C2=CC(=O)C=C[C@]2(C)[C@H]1CC[C@]1(C)C(=O)CC[C@@H]1C. The van der Waals surface area contributed by atoms with E-state index in [1.165, 1.54) is 5.57 Å². The highest BCUT2D eigenvalue weighted by molar-refractivity contribution is 6.01. The Morgan fingerprint density at radius 2 is 1.80 bits per heavy atom. The number of hydrogen-bond donors (Lipinski definition) is 0. The molecule has 2 heteroatoms. The molecule has 0 amide bonds. The minimum atomic E-state index is -0.152. The molecule has 2 fully saturated rings. The van der Waals surface area contributed by atoms with Crippen LogP contribution < -0.4 is 0 Å². The molecule has 0 unspecified atom stereocenters. The molecule has 25 heavy (non-hydrogen) atoms. The van der Waals surface area contributed by atoms with Gasteiger partial charge < -0.3 is 0 Å². The van der Waals surface area contributed by atoms with E-state index >= 15 is 0 Å². The Morgan fingerprint density at radius 3 is 2.40 bits per heavy atom. The van der Waals surface area contributed by atoms with Gasteiger partial charge in [-0.25, -0.2) is 0 Å². The van der Waals surface area contributed by atoms with Gasteiger partial charge in [0.2, 0.25) is 0 Å². The number of rotatable bonds is 3. The summed E-state index contributed by atoms with van der Waals surface area (Å²) in [5.74, 6) is 2.15. The number of fused-ring (bicyclic) bond motifs is 1. The summed E-state index contributed by atoms with van der Waals surface area (Å²) in [5.41, 5.74) is 1.15. The molecule has 3 rings (SSSR count). The number of ketones is 2. The molecule has 0 aromatic carbocycles. The minimum Gasteiger partial charge on any atom is -0.299 e. The Kier molecular flexibility index (Phi) is 4.41. The first kappa shape index (κ1) is 18.6. The van der Waals surface area contributed by atoms with E-state index in [0.717, 1.165) is 32.1 Å². The van der Waals surface area contributed by atoms with E-state index in [4.69, 9.17) is 0 Å². The maximum atomic E-state index is 12.5. The van der Waals surface area contributed by atoms with Crippen molar-refractivity contribution in [3.63, 3.8) is 0 Å². The smallest absolute Gasteiger partial charge is 0.178 e. The van der Waals surface area contributed by atoms with Crippen molar-refractivity contribution in [3.05, 3.63) is 23.8 Å². The van der Waals surface area contributed by atoms with Crippen LogP contribution in [0.1, 0.15) is 73.6 Å². The van der Waals surface area contributed by atoms with E-state index in [2.05, 4.69) is 47.6 Å². The van der Waals surface area contributed by atoms with Gasteiger partial charge in [0.1, 0.15) is 5.78 Å². The molecule has 0 aromatic heterocycles. The minimum absolute atomic E-state index is 0.0592. The quantitative estimate of drug-likeness (QED) is 0.676. The molecule has 0 spiro atoms. The van der Waals surface area contributed by atoms with Crippen LogP contribution in [-0.2, 0) is 9.59 Å². The van der Waals surface area contributed by atoms with Crippen molar-refractivity contribution in [2.75, 3.05) is 0 Å². The number of hydrogen-bond acceptors (Lipinski definition) is 2. The summed E-state index contributed by atoms with van der Waals surface area (Å²) in [4.78, 5) is 24.5. The summed E-state index contributed by atoms with van der Waals surface area (Å²) >= 11 is 0. The van der Waals surface area contributed by atoms with Crippen LogP contribution in [0, 0.1) is 34.0 Å². The molecule has 0 heterocycles. The van der Waals surface area contributed by atoms with E-state index < -0.39 is 0 Å². The fourth-order valence-corrected chi connectivity index (χ4v) is 6.24. The first-order valence-corrected chi connectivity index (χ1v) is 10.00. The second-order valence-electron chi connectivity index (χ2n) is 10.1. The molecule has 3 aliphatic rings. The zero-order valence-electron chi connectivity index (χ0n) is 16.8. The lowest BCUT2D eigenvalue weighted by Gasteiger charge is -2.54. The van der Waals surface area contributed by atoms with Crippen LogP contribution in [0.4, 0.5) is 0 Å². The van der Waals surface area contributed by atoms with Crippen LogP contribution in [0.25, 0.3) is 0 Å². The van der Waals surface area contributed by atoms with Crippen molar-refractivity contribution in [3.8, 4) is 0 Å². The van der Waals surface area contributed by atoms with Crippen LogP contribution in [-0.4, -0.2) is 11.6 Å². The topological polar surface area (TPSA) is 34.1 Å². The zero-order chi connectivity index (χ0) is 18.6. The van der Waals surface area contributed by atoms with Gasteiger partial charge >= 0.3 is 0 Å². The molecular weight excluding hydrogens is 308 g/mol. The third-order valence-electron chi connectivity index (χ3n) is 7.98. The van der Waals surface area contributed by atoms with Crippen molar-refractivity contribution in [1.82, 2.24) is 0 Å². The molecule has 0 aliphatic heterocycles. The van der Waals surface area contributed by atoms with Crippen LogP contribution in [0.3, 0.4) is 0 Å². The van der Waals surface area contributed by atoms with Gasteiger partial charge in [0.05, 0.1) is 0 Å². The average Bonchev–Trinajstić information content (AvgIpc) is 2.76. The standard InChI is InChI=1S/C23H34O2/c1-15-14-21(3,4)19-13-17(24)9-11-23(19,6)18(15)10-12-22(5)16(2)7-8-20(22)25/h9,11,13,15-16,18H,7-8,10,12,14H2,1-6H3/t15-,16+,18+,22+,23-/m1/s1. The van der Waals surface area contributed by atoms with Gasteiger partial charge in [-0.05, 0) is 61.0 Å². The summed E-state index contributed by atoms with van der Waals surface area (Å²) in [6.07, 6.45) is 10.8. The summed E-state index contributed by atoms with van der Waals surface area (Å²) in [5, 5.41) is 0. The lowest BCUT2D eigenvalue weighted by Crippen LogP contribution is -2.46. The molecule has 2 saturated carbocycles. The third kappa shape index (κ3) is 2.86. The molecule has 0 bridgehead atoms. The summed E-state index contributed by atoms with van der Waals surface area (Å²) in [7, 11) is 0. The molecule has 0 radical (unpaired) electrons. The molecule has 0 N–H and O–H groups in total. The fourth-order valence-electron chi connectivity index (χ4n) is 6.24. The Morgan fingerprint density at radius 1 is 1.12 bits per heavy atom. The molecule has 0 saturated heterocycles. The Bertz CT molecular complexity index is 653. The first-order chi connectivity index (χ1) is 11.5. The molecule has 3 aliphatic carbocycles. The maximum absolute atomic E-state index is 12.5. The van der Waals surface area contributed by atoms with Gasteiger partial charge in [-0.1, -0.05) is 53.2 Å². The van der Waals surface area contributed by atoms with Gasteiger partial charge in [-0.3, -0.25) is 9.59 Å². The van der Waals surface area contributed by atoms with Gasteiger partial charge in [0.15, 0.2) is 5.78 Å². The molecule has 0 aromatic rings. The second-order valence-corrected chi connectivity index (χ2v) is 10.1. The summed E-state index contributed by atoms with van der Waals surface area (Å²) < 4.78 is 0. The normalized spacial score (nSPS) is 43.1. The fraction of sp³-hybridized carbons (Fsp3) is 0.739. The molecule has 2 nitrogen and oxygen atoms in total. The van der Waals surface area contributed by atoms with Crippen molar-refractivity contribution < 1.29 is 9.59 Å². The monoisotopic (exact) mass is 342 g/mol. The van der Waals surface area contributed by atoms with Crippen molar-refractivity contribution in [2.24, 2.45) is 34.0 Å². The summed E-state index contributed by atoms with van der Waals surface area (Å²) in [6, 6.07) is 0. The molecule has 138 valence electrons. The van der Waals surface area contributed by atoms with Crippen LogP contribution in [0.5, 0.6) is 0 Å². The predicted molar refractivity (Wildman–Crippen MR) is 102 cm³/mol. The van der Waals surface area contributed by atoms with Gasteiger partial charge in [0.25, 0.3) is 0 Å². The van der Waals surface area contributed by atoms with Crippen molar-refractivity contribution in [2.45, 2.75) is 73.6 Å². The van der Waals surface area contributed by atoms with Crippen LogP contribution in [0.2, 0.25) is 0 Å². The zero-order valence-corrected chi connectivity index (χ0v) is 16.8. The first-order valence-electron chi connectivity index (χ1n) is 10.00. The number of Topliss-reactive ketones (excluding diaryl/α,β-unsaturated/α-hetero) is 1. The lowest BCUT2D eigenvalue weighted by atomic mass is 9.50. The highest BCUT2D eigenvalue weighted by Gasteiger charge is 2.52. The van der Waals surface area contributed by atoms with Crippen molar-refractivity contribution >= 4 is 11.6 Å². The predicted octanol–water partition coefficient (Wildman–Crippen LogP) is 5.53. The van der Waals surface area contributed by atoms with Gasteiger partial charge in [0, 0.05) is 17.3 Å². The Labute approximate surface area is 153 Å². The summed E-state index contributed by atoms with van der Waals surface area (Å²) in [6.45, 7) is 13.7. The highest BCUT2D eigenvalue weighted by Crippen LogP contribution is 2.59. The van der Waals surface area contributed by atoms with E-state index in [1.54, 1.807) is 6.08 Å². The highest BCUT2D eigenvalue weighted by atomic mass is 16.1. The molecule has 5 atom stereocenters. The van der Waals surface area contributed by atoms with Crippen molar-refractivity contribution in [1.29, 1.82) is 0 Å². The van der Waals surface area contributed by atoms with Crippen LogP contribution >= 0.6 is 0 Å². The van der Waals surface area contributed by atoms with E-state index in [0.29, 0.717) is 23.5 Å². The second kappa shape index (κ2) is 5.93. The number of carbonyl (C=O) groups is 2. The van der Waals surface area contributed by atoms with E-state index in [9.17, 15) is 9.59 Å². The number of allylic oxidation sites excluding steroid dienone is 4. The van der Waals surface area contributed by atoms with Gasteiger partial charge in [-0.15, -0.1) is 0 Å². The maximum Gasteiger partial charge on any atom is 0.178 e. The Hall–Kier alpha value is -1.18.